The molecule has 0 aliphatic carbocycles. The second-order valence-electron chi connectivity index (χ2n) is 4.31. The van der Waals surface area contributed by atoms with Gasteiger partial charge in [0.1, 0.15) is 5.82 Å². The number of halogens is 2. The Morgan fingerprint density at radius 3 is 2.84 bits per heavy atom. The SMILES string of the molecule is Cn1cc(-n2c(CCCl)nc3cc(Cl)ccc32)cn1. The smallest absolute Gasteiger partial charge is 0.115 e. The number of alkyl halides is 1. The van der Waals surface area contributed by atoms with E-state index in [4.69, 9.17) is 23.2 Å². The van der Waals surface area contributed by atoms with E-state index >= 15 is 0 Å². The van der Waals surface area contributed by atoms with Crippen molar-refractivity contribution in [3.05, 3.63) is 41.4 Å². The lowest BCUT2D eigenvalue weighted by molar-refractivity contribution is 0.767. The highest BCUT2D eigenvalue weighted by atomic mass is 35.5. The molecule has 4 nitrogen and oxygen atoms in total. The van der Waals surface area contributed by atoms with Gasteiger partial charge in [-0.3, -0.25) is 9.25 Å². The molecule has 0 saturated heterocycles. The van der Waals surface area contributed by atoms with Gasteiger partial charge in [0.25, 0.3) is 0 Å². The summed E-state index contributed by atoms with van der Waals surface area (Å²) < 4.78 is 3.84. The molecule has 98 valence electrons. The van der Waals surface area contributed by atoms with Crippen molar-refractivity contribution in [2.45, 2.75) is 6.42 Å². The molecular weight excluding hydrogens is 283 g/mol. The number of aryl methyl sites for hydroxylation is 2. The molecule has 19 heavy (non-hydrogen) atoms. The molecule has 3 aromatic rings. The summed E-state index contributed by atoms with van der Waals surface area (Å²) in [4.78, 5) is 4.61. The lowest BCUT2D eigenvalue weighted by Gasteiger charge is -2.05. The zero-order valence-corrected chi connectivity index (χ0v) is 11.9. The summed E-state index contributed by atoms with van der Waals surface area (Å²) in [6.07, 6.45) is 4.46. The number of hydrogen-bond donors (Lipinski definition) is 0. The summed E-state index contributed by atoms with van der Waals surface area (Å²) in [5.74, 6) is 1.44. The molecule has 3 rings (SSSR count). The zero-order chi connectivity index (χ0) is 13.4. The Hall–Kier alpha value is -1.52. The molecule has 1 aromatic carbocycles. The third kappa shape index (κ3) is 2.22. The van der Waals surface area contributed by atoms with E-state index in [0.29, 0.717) is 17.3 Å². The molecule has 0 N–H and O–H groups in total. The minimum Gasteiger partial charge on any atom is -0.293 e. The normalized spacial score (nSPS) is 11.3. The summed E-state index contributed by atoms with van der Waals surface area (Å²) in [5, 5.41) is 4.89. The van der Waals surface area contributed by atoms with Crippen LogP contribution in [0.25, 0.3) is 16.7 Å². The second kappa shape index (κ2) is 4.87. The van der Waals surface area contributed by atoms with Gasteiger partial charge < -0.3 is 0 Å². The van der Waals surface area contributed by atoms with E-state index in [2.05, 4.69) is 14.6 Å². The Labute approximate surface area is 120 Å². The Morgan fingerprint density at radius 2 is 2.16 bits per heavy atom. The zero-order valence-electron chi connectivity index (χ0n) is 10.3. The fraction of sp³-hybridized carbons (Fsp3) is 0.231. The quantitative estimate of drug-likeness (QED) is 0.696. The topological polar surface area (TPSA) is 35.6 Å². The molecule has 0 amide bonds. The van der Waals surface area contributed by atoms with Crippen molar-refractivity contribution in [3.8, 4) is 5.69 Å². The van der Waals surface area contributed by atoms with Gasteiger partial charge in [-0.2, -0.15) is 5.10 Å². The molecule has 0 radical (unpaired) electrons. The van der Waals surface area contributed by atoms with Crippen LogP contribution in [-0.2, 0) is 13.5 Å². The van der Waals surface area contributed by atoms with Crippen LogP contribution in [0.15, 0.2) is 30.6 Å². The first-order valence-electron chi connectivity index (χ1n) is 5.91. The largest absolute Gasteiger partial charge is 0.293 e. The van der Waals surface area contributed by atoms with Crippen LogP contribution >= 0.6 is 23.2 Å². The van der Waals surface area contributed by atoms with Crippen molar-refractivity contribution >= 4 is 34.2 Å². The van der Waals surface area contributed by atoms with Crippen molar-refractivity contribution < 1.29 is 0 Å². The van der Waals surface area contributed by atoms with Gasteiger partial charge >= 0.3 is 0 Å². The number of benzene rings is 1. The van der Waals surface area contributed by atoms with Crippen LogP contribution in [0.1, 0.15) is 5.82 Å². The Bertz CT molecular complexity index is 729. The molecule has 6 heteroatoms. The standard InChI is InChI=1S/C13H12Cl2N4/c1-18-8-10(7-16-18)19-12-3-2-9(15)6-11(12)17-13(19)4-5-14/h2-3,6-8H,4-5H2,1H3. The minimum atomic E-state index is 0.525. The predicted molar refractivity (Wildman–Crippen MR) is 77.3 cm³/mol. The Kier molecular flexibility index (Phi) is 3.21. The third-order valence-electron chi connectivity index (χ3n) is 2.95. The summed E-state index contributed by atoms with van der Waals surface area (Å²) in [6.45, 7) is 0. The highest BCUT2D eigenvalue weighted by Gasteiger charge is 2.13. The molecule has 0 unspecified atom stereocenters. The van der Waals surface area contributed by atoms with Gasteiger partial charge in [-0.25, -0.2) is 4.98 Å². The van der Waals surface area contributed by atoms with Gasteiger partial charge in [-0.05, 0) is 18.2 Å². The molecule has 2 aromatic heterocycles. The van der Waals surface area contributed by atoms with Gasteiger partial charge in [0, 0.05) is 30.6 Å². The minimum absolute atomic E-state index is 0.525. The van der Waals surface area contributed by atoms with E-state index in [1.807, 2.05) is 37.6 Å². The maximum atomic E-state index is 6.02. The number of aromatic nitrogens is 4. The van der Waals surface area contributed by atoms with Gasteiger partial charge in [-0.15, -0.1) is 11.6 Å². The van der Waals surface area contributed by atoms with Crippen LogP contribution in [0.4, 0.5) is 0 Å². The van der Waals surface area contributed by atoms with Crippen LogP contribution in [0.3, 0.4) is 0 Å². The van der Waals surface area contributed by atoms with Gasteiger partial charge in [0.15, 0.2) is 0 Å². The molecule has 0 aliphatic heterocycles. The molecule has 0 spiro atoms. The number of fused-ring (bicyclic) bond motifs is 1. The van der Waals surface area contributed by atoms with Crippen molar-refractivity contribution in [2.75, 3.05) is 5.88 Å². The van der Waals surface area contributed by atoms with Crippen molar-refractivity contribution in [3.63, 3.8) is 0 Å². The maximum absolute atomic E-state index is 6.02. The van der Waals surface area contributed by atoms with E-state index in [-0.39, 0.29) is 0 Å². The highest BCUT2D eigenvalue weighted by molar-refractivity contribution is 6.31. The molecule has 0 bridgehead atoms. The van der Waals surface area contributed by atoms with Crippen LogP contribution in [0.5, 0.6) is 0 Å². The van der Waals surface area contributed by atoms with E-state index in [9.17, 15) is 0 Å². The number of nitrogens with zero attached hydrogens (tertiary/aromatic N) is 4. The summed E-state index contributed by atoms with van der Waals surface area (Å²) in [7, 11) is 1.89. The molecule has 0 aliphatic rings. The van der Waals surface area contributed by atoms with Gasteiger partial charge in [-0.1, -0.05) is 11.6 Å². The fourth-order valence-electron chi connectivity index (χ4n) is 2.17. The number of imidazole rings is 1. The molecule has 0 atom stereocenters. The molecule has 2 heterocycles. The monoisotopic (exact) mass is 294 g/mol. The first-order chi connectivity index (χ1) is 9.19. The third-order valence-corrected chi connectivity index (χ3v) is 3.38. The first kappa shape index (κ1) is 12.5. The number of rotatable bonds is 3. The predicted octanol–water partition coefficient (Wildman–Crippen LogP) is 3.19. The van der Waals surface area contributed by atoms with Crippen LogP contribution < -0.4 is 0 Å². The van der Waals surface area contributed by atoms with Crippen LogP contribution in [0.2, 0.25) is 5.02 Å². The van der Waals surface area contributed by atoms with Gasteiger partial charge in [0.2, 0.25) is 0 Å². The van der Waals surface area contributed by atoms with Crippen molar-refractivity contribution in [2.24, 2.45) is 7.05 Å². The first-order valence-corrected chi connectivity index (χ1v) is 6.82. The van der Waals surface area contributed by atoms with Crippen LogP contribution in [-0.4, -0.2) is 25.2 Å². The Balaban J connectivity index is 2.27. The summed E-state index contributed by atoms with van der Waals surface area (Å²) >= 11 is 11.9. The van der Waals surface area contributed by atoms with E-state index in [1.165, 1.54) is 0 Å². The maximum Gasteiger partial charge on any atom is 0.115 e. The average Bonchev–Trinajstić information content (AvgIpc) is 2.92. The highest BCUT2D eigenvalue weighted by Crippen LogP contribution is 2.24. The average molecular weight is 295 g/mol. The lowest BCUT2D eigenvalue weighted by atomic mass is 10.3. The fourth-order valence-corrected chi connectivity index (χ4v) is 2.50. The molecule has 0 fully saturated rings. The van der Waals surface area contributed by atoms with Gasteiger partial charge in [0.05, 0.1) is 22.9 Å². The van der Waals surface area contributed by atoms with Crippen LogP contribution in [0, 0.1) is 0 Å². The summed E-state index contributed by atoms with van der Waals surface area (Å²) in [6, 6.07) is 5.69. The van der Waals surface area contributed by atoms with E-state index in [0.717, 1.165) is 22.5 Å². The Morgan fingerprint density at radius 1 is 1.32 bits per heavy atom. The second-order valence-corrected chi connectivity index (χ2v) is 5.12. The van der Waals surface area contributed by atoms with Crippen molar-refractivity contribution in [1.82, 2.24) is 19.3 Å². The van der Waals surface area contributed by atoms with Crippen molar-refractivity contribution in [1.29, 1.82) is 0 Å². The molecular formula is C13H12Cl2N4. The van der Waals surface area contributed by atoms with E-state index in [1.54, 1.807) is 4.68 Å². The van der Waals surface area contributed by atoms with E-state index < -0.39 is 0 Å². The summed E-state index contributed by atoms with van der Waals surface area (Å²) in [5.41, 5.74) is 2.86. The molecule has 0 saturated carbocycles. The lowest BCUT2D eigenvalue weighted by Crippen LogP contribution is -2.01. The number of hydrogen-bond acceptors (Lipinski definition) is 2.